The van der Waals surface area contributed by atoms with E-state index in [-0.39, 0.29) is 0 Å². The number of nitrogens with zero attached hydrogens (tertiary/aromatic N) is 3. The van der Waals surface area contributed by atoms with E-state index in [4.69, 9.17) is 0 Å². The van der Waals surface area contributed by atoms with Crippen molar-refractivity contribution in [3.63, 3.8) is 0 Å². The Balaban J connectivity index is 1.65. The number of sulfonamides is 1. The zero-order valence-corrected chi connectivity index (χ0v) is 15.3. The van der Waals surface area contributed by atoms with Crippen LogP contribution in [0.1, 0.15) is 18.7 Å². The van der Waals surface area contributed by atoms with Crippen LogP contribution < -0.4 is 4.72 Å². The van der Waals surface area contributed by atoms with Gasteiger partial charge in [-0.2, -0.15) is 5.10 Å². The maximum atomic E-state index is 11.3. The number of fused-ring (bicyclic) bond motifs is 1. The lowest BCUT2D eigenvalue weighted by Crippen LogP contribution is -2.09. The molecule has 0 amide bonds. The Bertz CT molecular complexity index is 1080. The smallest absolute Gasteiger partial charge is 0.229 e. The van der Waals surface area contributed by atoms with Crippen molar-refractivity contribution in [3.8, 4) is 11.3 Å². The number of hydrogen-bond acceptors (Lipinski definition) is 4. The van der Waals surface area contributed by atoms with Crippen LogP contribution in [0, 0.1) is 5.92 Å². The van der Waals surface area contributed by atoms with Gasteiger partial charge in [0.15, 0.2) is 11.5 Å². The molecular formula is C19H20N4O2S. The lowest BCUT2D eigenvalue weighted by Gasteiger charge is -2.07. The van der Waals surface area contributed by atoms with Gasteiger partial charge < -0.3 is 0 Å². The van der Waals surface area contributed by atoms with Crippen molar-refractivity contribution in [3.05, 3.63) is 60.4 Å². The van der Waals surface area contributed by atoms with Crippen LogP contribution in [-0.2, 0) is 16.4 Å². The van der Waals surface area contributed by atoms with Crippen LogP contribution in [0.4, 0.5) is 5.69 Å². The molecule has 0 spiro atoms. The summed E-state index contributed by atoms with van der Waals surface area (Å²) >= 11 is 0. The molecule has 1 saturated carbocycles. The Kier molecular flexibility index (Phi) is 4.03. The molecule has 1 aromatic carbocycles. The van der Waals surface area contributed by atoms with Crippen LogP contribution in [-0.4, -0.2) is 29.3 Å². The second-order valence-corrected chi connectivity index (χ2v) is 8.52. The van der Waals surface area contributed by atoms with Crippen molar-refractivity contribution in [2.24, 2.45) is 5.92 Å². The maximum absolute atomic E-state index is 11.3. The van der Waals surface area contributed by atoms with Crippen molar-refractivity contribution in [2.75, 3.05) is 11.0 Å². The molecule has 0 radical (unpaired) electrons. The first-order chi connectivity index (χ1) is 12.4. The van der Waals surface area contributed by atoms with Crippen LogP contribution in [0.15, 0.2) is 54.6 Å². The highest BCUT2D eigenvalue weighted by Crippen LogP contribution is 2.36. The zero-order valence-electron chi connectivity index (χ0n) is 14.5. The monoisotopic (exact) mass is 368 g/mol. The molecule has 2 heterocycles. The zero-order chi connectivity index (χ0) is 18.3. The Morgan fingerprint density at radius 3 is 2.62 bits per heavy atom. The van der Waals surface area contributed by atoms with E-state index >= 15 is 0 Å². The van der Waals surface area contributed by atoms with Gasteiger partial charge in [0.2, 0.25) is 10.0 Å². The molecule has 7 heteroatoms. The molecule has 3 aromatic rings. The number of aromatic nitrogens is 3. The van der Waals surface area contributed by atoms with Gasteiger partial charge in [-0.1, -0.05) is 30.4 Å². The van der Waals surface area contributed by atoms with Crippen LogP contribution >= 0.6 is 0 Å². The molecule has 2 aromatic heterocycles. The summed E-state index contributed by atoms with van der Waals surface area (Å²) in [6.07, 6.45) is 4.30. The average molecular weight is 368 g/mol. The molecule has 1 fully saturated rings. The predicted octanol–water partition coefficient (Wildman–Crippen LogP) is 3.28. The van der Waals surface area contributed by atoms with Crippen LogP contribution in [0.25, 0.3) is 16.9 Å². The highest BCUT2D eigenvalue weighted by molar-refractivity contribution is 7.92. The molecule has 4 rings (SSSR count). The van der Waals surface area contributed by atoms with E-state index < -0.39 is 10.0 Å². The number of nitrogens with one attached hydrogen (secondary N) is 1. The Hall–Kier alpha value is -2.67. The molecule has 0 atom stereocenters. The van der Waals surface area contributed by atoms with Gasteiger partial charge in [0, 0.05) is 17.7 Å². The minimum absolute atomic E-state index is 0.531. The van der Waals surface area contributed by atoms with Gasteiger partial charge in [0.1, 0.15) is 0 Å². The van der Waals surface area contributed by atoms with E-state index in [0.29, 0.717) is 18.0 Å². The number of benzene rings is 1. The summed E-state index contributed by atoms with van der Waals surface area (Å²) in [5.41, 5.74) is 4.37. The molecule has 6 nitrogen and oxygen atoms in total. The molecule has 1 aliphatic carbocycles. The van der Waals surface area contributed by atoms with E-state index in [1.807, 2.05) is 34.8 Å². The lowest BCUT2D eigenvalue weighted by atomic mass is 10.1. The lowest BCUT2D eigenvalue weighted by molar-refractivity contribution is 0.607. The number of allylic oxidation sites excluding steroid dienone is 1. The van der Waals surface area contributed by atoms with Crippen molar-refractivity contribution in [2.45, 2.75) is 19.3 Å². The van der Waals surface area contributed by atoms with Gasteiger partial charge >= 0.3 is 0 Å². The van der Waals surface area contributed by atoms with E-state index in [0.717, 1.165) is 29.0 Å². The predicted molar refractivity (Wildman–Crippen MR) is 102 cm³/mol. The third kappa shape index (κ3) is 3.62. The molecule has 0 saturated heterocycles. The minimum atomic E-state index is -3.29. The Morgan fingerprint density at radius 1 is 1.23 bits per heavy atom. The highest BCUT2D eigenvalue weighted by Gasteiger charge is 2.25. The second kappa shape index (κ2) is 6.25. The topological polar surface area (TPSA) is 76.4 Å². The normalized spacial score (nSPS) is 14.5. The van der Waals surface area contributed by atoms with Crippen molar-refractivity contribution < 1.29 is 8.42 Å². The van der Waals surface area contributed by atoms with Crippen LogP contribution in [0.3, 0.4) is 0 Å². The molecule has 1 N–H and O–H groups in total. The van der Waals surface area contributed by atoms with E-state index in [1.54, 1.807) is 12.1 Å². The minimum Gasteiger partial charge on any atom is -0.284 e. The largest absolute Gasteiger partial charge is 0.284 e. The molecule has 1 aliphatic rings. The standard InChI is InChI=1S/C19H20N4O2S/c1-13(14-6-7-14)12-18-20-19-5-3-4-17(23(19)21-18)15-8-10-16(11-9-15)22-26(2,24)25/h3-5,8-11,14,22H,1,6-7,12H2,2H3. The fourth-order valence-electron chi connectivity index (χ4n) is 3.01. The van der Waals surface area contributed by atoms with Crippen molar-refractivity contribution >= 4 is 21.4 Å². The highest BCUT2D eigenvalue weighted by atomic mass is 32.2. The first-order valence-electron chi connectivity index (χ1n) is 8.49. The van der Waals surface area contributed by atoms with Crippen LogP contribution in [0.2, 0.25) is 0 Å². The number of anilines is 1. The van der Waals surface area contributed by atoms with Gasteiger partial charge in [-0.3, -0.25) is 4.72 Å². The average Bonchev–Trinajstić information content (AvgIpc) is 3.34. The van der Waals surface area contributed by atoms with E-state index in [9.17, 15) is 8.42 Å². The third-order valence-corrected chi connectivity index (χ3v) is 5.03. The summed E-state index contributed by atoms with van der Waals surface area (Å²) in [7, 11) is -3.29. The van der Waals surface area contributed by atoms with Crippen molar-refractivity contribution in [1.29, 1.82) is 0 Å². The molecule has 0 unspecified atom stereocenters. The fourth-order valence-corrected chi connectivity index (χ4v) is 3.57. The van der Waals surface area contributed by atoms with Gasteiger partial charge in [0.25, 0.3) is 0 Å². The number of rotatable bonds is 6. The van der Waals surface area contributed by atoms with E-state index in [2.05, 4.69) is 21.4 Å². The summed E-state index contributed by atoms with van der Waals surface area (Å²) in [5.74, 6) is 1.42. The number of pyridine rings is 1. The third-order valence-electron chi connectivity index (χ3n) is 4.43. The summed E-state index contributed by atoms with van der Waals surface area (Å²) in [6.45, 7) is 4.16. The van der Waals surface area contributed by atoms with E-state index in [1.165, 1.54) is 18.4 Å². The summed E-state index contributed by atoms with van der Waals surface area (Å²) < 4.78 is 27.0. The fraction of sp³-hybridized carbons (Fsp3) is 0.263. The van der Waals surface area contributed by atoms with Gasteiger partial charge in [0.05, 0.1) is 11.9 Å². The summed E-state index contributed by atoms with van der Waals surface area (Å²) in [4.78, 5) is 4.61. The first-order valence-corrected chi connectivity index (χ1v) is 10.4. The van der Waals surface area contributed by atoms with Gasteiger partial charge in [-0.05, 0) is 43.0 Å². The van der Waals surface area contributed by atoms with Crippen LogP contribution in [0.5, 0.6) is 0 Å². The van der Waals surface area contributed by atoms with Gasteiger partial charge in [-0.15, -0.1) is 0 Å². The molecule has 134 valence electrons. The molecule has 0 bridgehead atoms. The number of hydrogen-bond donors (Lipinski definition) is 1. The van der Waals surface area contributed by atoms with Gasteiger partial charge in [-0.25, -0.2) is 17.9 Å². The molecular weight excluding hydrogens is 348 g/mol. The Labute approximate surface area is 152 Å². The second-order valence-electron chi connectivity index (χ2n) is 6.77. The molecule has 0 aliphatic heterocycles. The summed E-state index contributed by atoms with van der Waals surface area (Å²) in [5, 5.41) is 4.65. The maximum Gasteiger partial charge on any atom is 0.229 e. The summed E-state index contributed by atoms with van der Waals surface area (Å²) in [6, 6.07) is 13.1. The SMILES string of the molecule is C=C(Cc1nc2cccc(-c3ccc(NS(C)(=O)=O)cc3)n2n1)C1CC1. The van der Waals surface area contributed by atoms with Crippen molar-refractivity contribution in [1.82, 2.24) is 14.6 Å². The molecule has 26 heavy (non-hydrogen) atoms. The quantitative estimate of drug-likeness (QED) is 0.678. The first kappa shape index (κ1) is 16.8. The Morgan fingerprint density at radius 2 is 1.96 bits per heavy atom.